The summed E-state index contributed by atoms with van der Waals surface area (Å²) in [6.45, 7) is 0. The number of hydrogen-bond donors (Lipinski definition) is 1. The first kappa shape index (κ1) is 10.2. The van der Waals surface area contributed by atoms with Crippen LogP contribution < -0.4 is 4.74 Å². The Labute approximate surface area is 96.2 Å². The molecule has 86 valence electrons. The largest absolute Gasteiger partial charge is 0.496 e. The zero-order valence-corrected chi connectivity index (χ0v) is 9.70. The van der Waals surface area contributed by atoms with Crippen molar-refractivity contribution in [2.75, 3.05) is 7.11 Å². The molecule has 1 fully saturated rings. The highest BCUT2D eigenvalue weighted by molar-refractivity contribution is 5.47. The monoisotopic (exact) mass is 218 g/mol. The Hall–Kier alpha value is -1.02. The zero-order valence-electron chi connectivity index (χ0n) is 9.70. The van der Waals surface area contributed by atoms with Crippen LogP contribution in [0.2, 0.25) is 0 Å². The third-order valence-electron chi connectivity index (χ3n) is 4.02. The van der Waals surface area contributed by atoms with Crippen LogP contribution in [0.25, 0.3) is 0 Å². The minimum absolute atomic E-state index is 0.461. The molecule has 1 saturated carbocycles. The first-order valence-corrected chi connectivity index (χ1v) is 6.14. The van der Waals surface area contributed by atoms with Gasteiger partial charge in [-0.1, -0.05) is 12.1 Å². The maximum absolute atomic E-state index is 10.9. The van der Waals surface area contributed by atoms with E-state index in [0.717, 1.165) is 43.4 Å². The Morgan fingerprint density at radius 3 is 2.88 bits per heavy atom. The summed E-state index contributed by atoms with van der Waals surface area (Å²) >= 11 is 0. The summed E-state index contributed by atoms with van der Waals surface area (Å²) in [5.41, 5.74) is 1.74. The van der Waals surface area contributed by atoms with Gasteiger partial charge in [-0.05, 0) is 49.7 Å². The van der Waals surface area contributed by atoms with Crippen LogP contribution in [-0.4, -0.2) is 12.2 Å². The van der Waals surface area contributed by atoms with Gasteiger partial charge in [-0.2, -0.15) is 0 Å². The molecule has 0 aromatic heterocycles. The summed E-state index contributed by atoms with van der Waals surface area (Å²) in [6, 6.07) is 6.12. The van der Waals surface area contributed by atoms with E-state index in [1.54, 1.807) is 7.11 Å². The topological polar surface area (TPSA) is 29.5 Å². The molecule has 0 bridgehead atoms. The Morgan fingerprint density at radius 2 is 2.19 bits per heavy atom. The van der Waals surface area contributed by atoms with Crippen molar-refractivity contribution in [2.24, 2.45) is 5.92 Å². The lowest BCUT2D eigenvalue weighted by atomic mass is 9.75. The lowest BCUT2D eigenvalue weighted by Crippen LogP contribution is -2.33. The van der Waals surface area contributed by atoms with Gasteiger partial charge in [-0.25, -0.2) is 0 Å². The number of rotatable bonds is 2. The molecule has 2 heteroatoms. The molecule has 2 aliphatic carbocycles. The van der Waals surface area contributed by atoms with Gasteiger partial charge in [0.05, 0.1) is 12.7 Å². The van der Waals surface area contributed by atoms with Crippen LogP contribution in [0.1, 0.15) is 36.8 Å². The number of benzene rings is 1. The van der Waals surface area contributed by atoms with Crippen molar-refractivity contribution in [1.82, 2.24) is 0 Å². The maximum Gasteiger partial charge on any atom is 0.125 e. The summed E-state index contributed by atoms with van der Waals surface area (Å²) in [4.78, 5) is 0. The molecule has 2 nitrogen and oxygen atoms in total. The second kappa shape index (κ2) is 3.49. The average Bonchev–Trinajstić information content (AvgIpc) is 3.13. The molecule has 0 saturated heterocycles. The molecule has 16 heavy (non-hydrogen) atoms. The minimum Gasteiger partial charge on any atom is -0.496 e. The summed E-state index contributed by atoms with van der Waals surface area (Å²) in [6.07, 6.45) is 5.38. The highest BCUT2D eigenvalue weighted by atomic mass is 16.5. The molecule has 0 amide bonds. The van der Waals surface area contributed by atoms with Gasteiger partial charge in [0.1, 0.15) is 5.75 Å². The molecule has 0 spiro atoms. The van der Waals surface area contributed by atoms with Gasteiger partial charge in [-0.3, -0.25) is 0 Å². The molecule has 0 radical (unpaired) electrons. The number of aliphatic hydroxyl groups is 1. The summed E-state index contributed by atoms with van der Waals surface area (Å²) < 4.78 is 5.43. The number of aryl methyl sites for hydroxylation is 1. The zero-order chi connectivity index (χ0) is 11.2. The molecule has 3 rings (SSSR count). The lowest BCUT2D eigenvalue weighted by molar-refractivity contribution is -0.00615. The van der Waals surface area contributed by atoms with Gasteiger partial charge in [-0.15, -0.1) is 0 Å². The standard InChI is InChI=1S/C14H18O2/c1-16-12-6-2-4-10-5-3-9-14(15,13(10)12)11-7-8-11/h2,4,6,11,15H,3,5,7-9H2,1H3. The first-order valence-electron chi connectivity index (χ1n) is 6.14. The molecule has 1 N–H and O–H groups in total. The predicted octanol–water partition coefficient (Wildman–Crippen LogP) is 2.63. The summed E-state index contributed by atoms with van der Waals surface area (Å²) in [7, 11) is 1.69. The molecule has 1 unspecified atom stereocenters. The molecule has 0 aliphatic heterocycles. The van der Waals surface area contributed by atoms with Crippen LogP contribution in [0.3, 0.4) is 0 Å². The number of methoxy groups -OCH3 is 1. The first-order chi connectivity index (χ1) is 7.75. The van der Waals surface area contributed by atoms with Crippen molar-refractivity contribution in [3.8, 4) is 5.75 Å². The number of hydrogen-bond acceptors (Lipinski definition) is 2. The van der Waals surface area contributed by atoms with E-state index in [1.807, 2.05) is 12.1 Å². The fourth-order valence-electron chi connectivity index (χ4n) is 3.09. The molecule has 1 aromatic rings. The van der Waals surface area contributed by atoms with Gasteiger partial charge in [0.15, 0.2) is 0 Å². The number of ether oxygens (including phenoxy) is 1. The van der Waals surface area contributed by atoms with E-state index in [4.69, 9.17) is 4.74 Å². The highest BCUT2D eigenvalue weighted by Crippen LogP contribution is 2.53. The second-order valence-electron chi connectivity index (χ2n) is 5.05. The smallest absolute Gasteiger partial charge is 0.125 e. The Morgan fingerprint density at radius 1 is 1.38 bits per heavy atom. The van der Waals surface area contributed by atoms with Crippen molar-refractivity contribution in [3.05, 3.63) is 29.3 Å². The van der Waals surface area contributed by atoms with E-state index >= 15 is 0 Å². The SMILES string of the molecule is COc1cccc2c1C(O)(C1CC1)CCC2. The van der Waals surface area contributed by atoms with E-state index in [2.05, 4.69) is 6.07 Å². The van der Waals surface area contributed by atoms with Crippen LogP contribution in [0.5, 0.6) is 5.75 Å². The van der Waals surface area contributed by atoms with Crippen LogP contribution in [0.4, 0.5) is 0 Å². The van der Waals surface area contributed by atoms with E-state index in [0.29, 0.717) is 5.92 Å². The third-order valence-corrected chi connectivity index (χ3v) is 4.02. The van der Waals surface area contributed by atoms with Crippen LogP contribution in [0, 0.1) is 5.92 Å². The van der Waals surface area contributed by atoms with E-state index in [1.165, 1.54) is 5.56 Å². The van der Waals surface area contributed by atoms with Gasteiger partial charge < -0.3 is 9.84 Å². The van der Waals surface area contributed by atoms with E-state index in [-0.39, 0.29) is 0 Å². The lowest BCUT2D eigenvalue weighted by Gasteiger charge is -2.36. The minimum atomic E-state index is -0.611. The van der Waals surface area contributed by atoms with E-state index < -0.39 is 5.60 Å². The van der Waals surface area contributed by atoms with Crippen molar-refractivity contribution in [2.45, 2.75) is 37.7 Å². The highest BCUT2D eigenvalue weighted by Gasteiger charge is 2.48. The molecule has 1 atom stereocenters. The maximum atomic E-state index is 10.9. The van der Waals surface area contributed by atoms with Crippen molar-refractivity contribution >= 4 is 0 Å². The van der Waals surface area contributed by atoms with Gasteiger partial charge in [0, 0.05) is 5.56 Å². The van der Waals surface area contributed by atoms with E-state index in [9.17, 15) is 5.11 Å². The fraction of sp³-hybridized carbons (Fsp3) is 0.571. The van der Waals surface area contributed by atoms with Gasteiger partial charge >= 0.3 is 0 Å². The summed E-state index contributed by atoms with van der Waals surface area (Å²) in [5, 5.41) is 10.9. The third kappa shape index (κ3) is 1.36. The fourth-order valence-corrected chi connectivity index (χ4v) is 3.09. The Bertz CT molecular complexity index is 395. The van der Waals surface area contributed by atoms with Crippen molar-refractivity contribution < 1.29 is 9.84 Å². The molecule has 2 aliphatic rings. The molecule has 0 heterocycles. The Kier molecular flexibility index (Phi) is 2.21. The predicted molar refractivity (Wildman–Crippen MR) is 62.6 cm³/mol. The molecule has 1 aromatic carbocycles. The van der Waals surface area contributed by atoms with Crippen LogP contribution in [-0.2, 0) is 12.0 Å². The van der Waals surface area contributed by atoms with Crippen LogP contribution >= 0.6 is 0 Å². The van der Waals surface area contributed by atoms with Crippen molar-refractivity contribution in [3.63, 3.8) is 0 Å². The van der Waals surface area contributed by atoms with Crippen molar-refractivity contribution in [1.29, 1.82) is 0 Å². The molecular formula is C14H18O2. The molecular weight excluding hydrogens is 200 g/mol. The van der Waals surface area contributed by atoms with Gasteiger partial charge in [0.25, 0.3) is 0 Å². The average molecular weight is 218 g/mol. The van der Waals surface area contributed by atoms with Gasteiger partial charge in [0.2, 0.25) is 0 Å². The quantitative estimate of drug-likeness (QED) is 0.827. The Balaban J connectivity index is 2.15. The normalized spacial score (nSPS) is 28.6. The summed E-state index contributed by atoms with van der Waals surface area (Å²) in [5.74, 6) is 1.33. The number of fused-ring (bicyclic) bond motifs is 1. The van der Waals surface area contributed by atoms with Crippen LogP contribution in [0.15, 0.2) is 18.2 Å². The second-order valence-corrected chi connectivity index (χ2v) is 5.05.